The van der Waals surface area contributed by atoms with Gasteiger partial charge in [0.05, 0.1) is 19.5 Å². The number of rotatable bonds is 20. The first-order chi connectivity index (χ1) is 18.8. The summed E-state index contributed by atoms with van der Waals surface area (Å²) in [5.41, 5.74) is 11.8. The molecule has 0 aromatic carbocycles. The molecule has 2 heterocycles. The number of imidazole rings is 1. The maximum absolute atomic E-state index is 12.4. The van der Waals surface area contributed by atoms with Crippen LogP contribution in [0.3, 0.4) is 0 Å². The van der Waals surface area contributed by atoms with Gasteiger partial charge in [0.1, 0.15) is 6.04 Å². The molecular weight excluding hydrogens is 500 g/mol. The second kappa shape index (κ2) is 17.6. The summed E-state index contributed by atoms with van der Waals surface area (Å²) in [6.45, 7) is 6.73. The van der Waals surface area contributed by atoms with E-state index in [1.807, 2.05) is 13.8 Å². The van der Waals surface area contributed by atoms with Crippen LogP contribution >= 0.6 is 0 Å². The van der Waals surface area contributed by atoms with Crippen molar-refractivity contribution in [2.45, 2.75) is 110 Å². The molecule has 0 spiro atoms. The third-order valence-electron chi connectivity index (χ3n) is 7.21. The van der Waals surface area contributed by atoms with E-state index in [2.05, 4.69) is 21.9 Å². The third-order valence-corrected chi connectivity index (χ3v) is 7.21. The molecule has 2 aromatic heterocycles. The average molecular weight is 549 g/mol. The van der Waals surface area contributed by atoms with Crippen molar-refractivity contribution >= 4 is 29.1 Å². The second-order valence-corrected chi connectivity index (χ2v) is 10.5. The largest absolute Gasteiger partial charge is 0.465 e. The van der Waals surface area contributed by atoms with Gasteiger partial charge >= 0.3 is 11.9 Å². The van der Waals surface area contributed by atoms with Gasteiger partial charge in [0.25, 0.3) is 5.56 Å². The number of nitrogen functional groups attached to an aromatic ring is 1. The zero-order chi connectivity index (χ0) is 28.6. The van der Waals surface area contributed by atoms with Crippen LogP contribution in [0, 0.1) is 11.8 Å². The molecule has 0 saturated carbocycles. The van der Waals surface area contributed by atoms with Crippen molar-refractivity contribution in [2.24, 2.45) is 17.6 Å². The molecular formula is C28H48N6O5. The van der Waals surface area contributed by atoms with Crippen LogP contribution < -0.4 is 17.0 Å². The number of anilines is 1. The number of unbranched alkanes of at least 4 members (excludes halogenated alkanes) is 8. The van der Waals surface area contributed by atoms with E-state index < -0.39 is 17.6 Å². The monoisotopic (exact) mass is 548 g/mol. The molecule has 0 amide bonds. The van der Waals surface area contributed by atoms with Crippen molar-refractivity contribution in [3.63, 3.8) is 0 Å². The number of aromatic nitrogens is 4. The van der Waals surface area contributed by atoms with Crippen LogP contribution in [0.4, 0.5) is 5.95 Å². The number of fused-ring (bicyclic) bond motifs is 1. The highest BCUT2D eigenvalue weighted by atomic mass is 16.5. The van der Waals surface area contributed by atoms with Crippen LogP contribution in [0.5, 0.6) is 0 Å². The van der Waals surface area contributed by atoms with Gasteiger partial charge in [-0.15, -0.1) is 0 Å². The number of ether oxygens (including phenoxy) is 2. The van der Waals surface area contributed by atoms with E-state index in [1.54, 1.807) is 4.57 Å². The van der Waals surface area contributed by atoms with Gasteiger partial charge < -0.3 is 25.5 Å². The Kier molecular flexibility index (Phi) is 14.6. The molecule has 11 heteroatoms. The Morgan fingerprint density at radius 2 is 1.72 bits per heavy atom. The van der Waals surface area contributed by atoms with Crippen LogP contribution in [0.15, 0.2) is 11.1 Å². The van der Waals surface area contributed by atoms with Crippen molar-refractivity contribution in [2.75, 3.05) is 18.9 Å². The molecule has 0 fully saturated rings. The zero-order valence-electron chi connectivity index (χ0n) is 24.0. The molecule has 0 aliphatic carbocycles. The molecule has 3 atom stereocenters. The molecule has 2 aromatic rings. The lowest BCUT2D eigenvalue weighted by Crippen LogP contribution is -2.38. The normalized spacial score (nSPS) is 13.7. The highest BCUT2D eigenvalue weighted by molar-refractivity contribution is 5.75. The summed E-state index contributed by atoms with van der Waals surface area (Å²) in [6.07, 6.45) is 13.7. The topological polar surface area (TPSA) is 168 Å². The van der Waals surface area contributed by atoms with E-state index in [0.717, 1.165) is 25.7 Å². The summed E-state index contributed by atoms with van der Waals surface area (Å²) in [6, 6.07) is -0.681. The van der Waals surface area contributed by atoms with Gasteiger partial charge in [0, 0.05) is 18.9 Å². The summed E-state index contributed by atoms with van der Waals surface area (Å²) in [7, 11) is 0. The van der Waals surface area contributed by atoms with Gasteiger partial charge in [0.2, 0.25) is 5.95 Å². The van der Waals surface area contributed by atoms with E-state index in [1.165, 1.54) is 44.9 Å². The van der Waals surface area contributed by atoms with Crippen LogP contribution in [-0.4, -0.2) is 50.7 Å². The number of esters is 2. The minimum atomic E-state index is -0.681. The Morgan fingerprint density at radius 1 is 1.05 bits per heavy atom. The summed E-state index contributed by atoms with van der Waals surface area (Å²) < 4.78 is 12.7. The highest BCUT2D eigenvalue weighted by Crippen LogP contribution is 2.16. The van der Waals surface area contributed by atoms with E-state index >= 15 is 0 Å². The number of carbonyl (C=O) groups is 2. The van der Waals surface area contributed by atoms with Crippen LogP contribution in [-0.2, 0) is 25.6 Å². The second-order valence-electron chi connectivity index (χ2n) is 10.5. The lowest BCUT2D eigenvalue weighted by atomic mass is 10.0. The molecule has 0 saturated heterocycles. The standard InChI is InChI=1S/C28H48N6O5/c1-4-6-7-8-9-10-11-12-13-14-22(35)39-18-21(15-16-38-27(37)23(29)20(3)5-2)17-34-19-31-24-25(34)32-28(30)33-26(24)36/h19-21,23H,4-18,29H2,1-3H3,(H3,30,32,33,36)/t20-,21?,23-/m0/s1. The Labute approximate surface area is 231 Å². The van der Waals surface area contributed by atoms with Crippen molar-refractivity contribution in [1.29, 1.82) is 0 Å². The highest BCUT2D eigenvalue weighted by Gasteiger charge is 2.22. The average Bonchev–Trinajstić information content (AvgIpc) is 3.32. The summed E-state index contributed by atoms with van der Waals surface area (Å²) >= 11 is 0. The zero-order valence-corrected chi connectivity index (χ0v) is 24.0. The molecule has 11 nitrogen and oxygen atoms in total. The van der Waals surface area contributed by atoms with Crippen molar-refractivity contribution < 1.29 is 19.1 Å². The van der Waals surface area contributed by atoms with Crippen LogP contribution in [0.2, 0.25) is 0 Å². The predicted molar refractivity (Wildman–Crippen MR) is 152 cm³/mol. The van der Waals surface area contributed by atoms with E-state index in [9.17, 15) is 14.4 Å². The molecule has 2 rings (SSSR count). The van der Waals surface area contributed by atoms with Crippen molar-refractivity contribution in [1.82, 2.24) is 19.5 Å². The first-order valence-electron chi connectivity index (χ1n) is 14.5. The van der Waals surface area contributed by atoms with E-state index in [-0.39, 0.29) is 42.5 Å². The number of hydrogen-bond donors (Lipinski definition) is 3. The molecule has 39 heavy (non-hydrogen) atoms. The summed E-state index contributed by atoms with van der Waals surface area (Å²) in [5.74, 6) is -0.884. The van der Waals surface area contributed by atoms with Crippen LogP contribution in [0.1, 0.15) is 97.8 Å². The lowest BCUT2D eigenvalue weighted by Gasteiger charge is -2.20. The SMILES string of the molecule is CCCCCCCCCCCC(=O)OCC(CCOC(=O)[C@@H](N)[C@@H](C)CC)Cn1cnc2c(=O)[nH]c(N)nc21. The number of H-pyrrole nitrogens is 1. The number of carbonyl (C=O) groups excluding carboxylic acids is 2. The Hall–Kier alpha value is -2.95. The minimum absolute atomic E-state index is 0.00820. The van der Waals surface area contributed by atoms with Gasteiger partial charge in [0.15, 0.2) is 11.2 Å². The number of aromatic amines is 1. The third kappa shape index (κ3) is 11.4. The molecule has 5 N–H and O–H groups in total. The van der Waals surface area contributed by atoms with Gasteiger partial charge in [-0.25, -0.2) is 4.98 Å². The van der Waals surface area contributed by atoms with Gasteiger partial charge in [-0.2, -0.15) is 4.98 Å². The maximum atomic E-state index is 12.4. The number of nitrogens with zero attached hydrogens (tertiary/aromatic N) is 3. The Bertz CT molecular complexity index is 1070. The first kappa shape index (κ1) is 32.3. The summed E-state index contributed by atoms with van der Waals surface area (Å²) in [5, 5.41) is 0. The maximum Gasteiger partial charge on any atom is 0.323 e. The molecule has 0 bridgehead atoms. The van der Waals surface area contributed by atoms with Gasteiger partial charge in [-0.05, 0) is 18.8 Å². The fraction of sp³-hybridized carbons (Fsp3) is 0.750. The van der Waals surface area contributed by atoms with Gasteiger partial charge in [-0.3, -0.25) is 19.4 Å². The smallest absolute Gasteiger partial charge is 0.323 e. The van der Waals surface area contributed by atoms with Crippen LogP contribution in [0.25, 0.3) is 11.2 Å². The molecule has 220 valence electrons. The number of nitrogens with one attached hydrogen (secondary N) is 1. The Morgan fingerprint density at radius 3 is 2.38 bits per heavy atom. The molecule has 1 unspecified atom stereocenters. The van der Waals surface area contributed by atoms with E-state index in [0.29, 0.717) is 25.0 Å². The predicted octanol–water partition coefficient (Wildman–Crippen LogP) is 4.09. The summed E-state index contributed by atoms with van der Waals surface area (Å²) in [4.78, 5) is 47.6. The molecule has 0 radical (unpaired) electrons. The fourth-order valence-electron chi connectivity index (χ4n) is 4.38. The van der Waals surface area contributed by atoms with E-state index in [4.69, 9.17) is 20.9 Å². The Balaban J connectivity index is 1.88. The number of hydrogen-bond acceptors (Lipinski definition) is 9. The lowest BCUT2D eigenvalue weighted by molar-refractivity contribution is -0.149. The quantitative estimate of drug-likeness (QED) is 0.163. The number of nitrogens with two attached hydrogens (primary N) is 2. The fourth-order valence-corrected chi connectivity index (χ4v) is 4.38. The molecule has 0 aliphatic rings. The minimum Gasteiger partial charge on any atom is -0.465 e. The van der Waals surface area contributed by atoms with Crippen molar-refractivity contribution in [3.05, 3.63) is 16.7 Å². The molecule has 0 aliphatic heterocycles. The first-order valence-corrected chi connectivity index (χ1v) is 14.5. The van der Waals surface area contributed by atoms with Crippen molar-refractivity contribution in [3.8, 4) is 0 Å². The van der Waals surface area contributed by atoms with Gasteiger partial charge in [-0.1, -0.05) is 78.6 Å².